The van der Waals surface area contributed by atoms with Gasteiger partial charge in [-0.2, -0.15) is 0 Å². The van der Waals surface area contributed by atoms with E-state index in [2.05, 4.69) is 0 Å². The zero-order chi connectivity index (χ0) is 19.6. The number of benzene rings is 1. The molecule has 0 aromatic heterocycles. The summed E-state index contributed by atoms with van der Waals surface area (Å²) in [5.41, 5.74) is 11.2. The van der Waals surface area contributed by atoms with E-state index in [1.807, 2.05) is 6.92 Å². The van der Waals surface area contributed by atoms with Crippen molar-refractivity contribution in [1.29, 1.82) is 0 Å². The number of hydrogen-bond donors (Lipinski definition) is 2. The lowest BCUT2D eigenvalue weighted by Gasteiger charge is -2.32. The first-order valence-electron chi connectivity index (χ1n) is 8.98. The molecule has 1 rings (SSSR count). The van der Waals surface area contributed by atoms with Crippen molar-refractivity contribution >= 4 is 5.97 Å². The average Bonchev–Trinajstić information content (AvgIpc) is 2.59. The summed E-state index contributed by atoms with van der Waals surface area (Å²) in [6.07, 6.45) is -0.436. The summed E-state index contributed by atoms with van der Waals surface area (Å²) in [7, 11) is 0. The van der Waals surface area contributed by atoms with Gasteiger partial charge in [-0.15, -0.1) is 0 Å². The maximum atomic E-state index is 14.4. The number of unbranched alkanes of at least 4 members (excludes halogenated alkanes) is 4. The molecule has 4 nitrogen and oxygen atoms in total. The van der Waals surface area contributed by atoms with Crippen LogP contribution < -0.4 is 11.5 Å². The van der Waals surface area contributed by atoms with E-state index in [1.165, 1.54) is 0 Å². The Morgan fingerprint density at radius 3 is 2.31 bits per heavy atom. The van der Waals surface area contributed by atoms with Crippen LogP contribution in [0.25, 0.3) is 0 Å². The molecule has 0 aliphatic rings. The molecule has 3 unspecified atom stereocenters. The minimum Gasteiger partial charge on any atom is -0.461 e. The monoisotopic (exact) mass is 374 g/mol. The Morgan fingerprint density at radius 1 is 1.08 bits per heavy atom. The third kappa shape index (κ3) is 7.74. The molecule has 1 aromatic carbocycles. The SMILES string of the molecule is CCCCCCCC(N)(F)C(F)C(N)(F)CC(=O)OCc1ccccc1. The van der Waals surface area contributed by atoms with Crippen molar-refractivity contribution in [1.82, 2.24) is 0 Å². The lowest BCUT2D eigenvalue weighted by Crippen LogP contribution is -2.59. The zero-order valence-electron chi connectivity index (χ0n) is 15.2. The second kappa shape index (κ2) is 10.5. The van der Waals surface area contributed by atoms with Gasteiger partial charge in [-0.05, 0) is 18.4 Å². The fourth-order valence-electron chi connectivity index (χ4n) is 2.63. The van der Waals surface area contributed by atoms with Crippen LogP contribution in [-0.4, -0.2) is 23.7 Å². The Hall–Kier alpha value is -1.60. The van der Waals surface area contributed by atoms with E-state index in [0.717, 1.165) is 19.3 Å². The van der Waals surface area contributed by atoms with Gasteiger partial charge < -0.3 is 4.74 Å². The van der Waals surface area contributed by atoms with Gasteiger partial charge in [-0.1, -0.05) is 62.9 Å². The average molecular weight is 374 g/mol. The first kappa shape index (κ1) is 22.4. The van der Waals surface area contributed by atoms with Crippen molar-refractivity contribution < 1.29 is 22.7 Å². The molecule has 0 radical (unpaired) electrons. The summed E-state index contributed by atoms with van der Waals surface area (Å²) in [6, 6.07) is 8.70. The van der Waals surface area contributed by atoms with Gasteiger partial charge in [0.1, 0.15) is 6.61 Å². The van der Waals surface area contributed by atoms with Crippen molar-refractivity contribution in [3.63, 3.8) is 0 Å². The Bertz CT molecular complexity index is 539. The largest absolute Gasteiger partial charge is 0.461 e. The van der Waals surface area contributed by atoms with Gasteiger partial charge in [0.15, 0.2) is 12.0 Å². The van der Waals surface area contributed by atoms with E-state index < -0.39 is 30.1 Å². The topological polar surface area (TPSA) is 78.3 Å². The van der Waals surface area contributed by atoms with Gasteiger partial charge in [-0.3, -0.25) is 16.3 Å². The molecule has 4 N–H and O–H groups in total. The van der Waals surface area contributed by atoms with E-state index in [0.29, 0.717) is 18.4 Å². The Labute approximate surface area is 153 Å². The molecule has 0 amide bonds. The Kier molecular flexibility index (Phi) is 9.08. The molecule has 1 aromatic rings. The zero-order valence-corrected chi connectivity index (χ0v) is 15.2. The van der Waals surface area contributed by atoms with Crippen LogP contribution in [0.2, 0.25) is 0 Å². The van der Waals surface area contributed by atoms with Crippen molar-refractivity contribution in [2.24, 2.45) is 11.5 Å². The highest BCUT2D eigenvalue weighted by molar-refractivity contribution is 5.70. The third-order valence-electron chi connectivity index (χ3n) is 4.16. The molecule has 0 aliphatic heterocycles. The van der Waals surface area contributed by atoms with Crippen molar-refractivity contribution in [2.75, 3.05) is 0 Å². The third-order valence-corrected chi connectivity index (χ3v) is 4.16. The summed E-state index contributed by atoms with van der Waals surface area (Å²) in [5.74, 6) is -7.23. The Morgan fingerprint density at radius 2 is 1.69 bits per heavy atom. The van der Waals surface area contributed by atoms with Gasteiger partial charge in [-0.25, -0.2) is 13.2 Å². The lowest BCUT2D eigenvalue weighted by molar-refractivity contribution is -0.152. The number of rotatable bonds is 12. The second-order valence-electron chi connectivity index (χ2n) is 6.70. The lowest BCUT2D eigenvalue weighted by atomic mass is 9.93. The standard InChI is InChI=1S/C19H29F3N2O2/c1-2-3-4-5-9-12-18(21,23)17(20)19(22,24)13-16(25)26-14-15-10-7-6-8-11-15/h6-8,10-11,17H,2-5,9,12-14,23-24H2,1H3. The van der Waals surface area contributed by atoms with Gasteiger partial charge >= 0.3 is 5.97 Å². The molecular formula is C19H29F3N2O2. The van der Waals surface area contributed by atoms with Crippen LogP contribution in [0.15, 0.2) is 30.3 Å². The van der Waals surface area contributed by atoms with Crippen LogP contribution in [0.4, 0.5) is 13.2 Å². The molecule has 148 valence electrons. The smallest absolute Gasteiger partial charge is 0.310 e. The van der Waals surface area contributed by atoms with E-state index >= 15 is 0 Å². The van der Waals surface area contributed by atoms with E-state index in [4.69, 9.17) is 16.2 Å². The maximum absolute atomic E-state index is 14.4. The fourth-order valence-corrected chi connectivity index (χ4v) is 2.63. The van der Waals surface area contributed by atoms with Crippen LogP contribution in [0.1, 0.15) is 57.4 Å². The second-order valence-corrected chi connectivity index (χ2v) is 6.70. The minimum atomic E-state index is -3.24. The molecule has 0 spiro atoms. The van der Waals surface area contributed by atoms with Gasteiger partial charge in [0.25, 0.3) is 0 Å². The highest BCUT2D eigenvalue weighted by Gasteiger charge is 2.50. The summed E-state index contributed by atoms with van der Waals surface area (Å²) in [4.78, 5) is 11.7. The number of nitrogens with two attached hydrogens (primary N) is 2. The maximum Gasteiger partial charge on any atom is 0.310 e. The summed E-state index contributed by atoms with van der Waals surface area (Å²) < 4.78 is 47.8. The first-order valence-corrected chi connectivity index (χ1v) is 8.98. The van der Waals surface area contributed by atoms with Gasteiger partial charge in [0.05, 0.1) is 6.42 Å². The summed E-state index contributed by atoms with van der Waals surface area (Å²) in [5, 5.41) is 0. The molecule has 3 atom stereocenters. The predicted octanol–water partition coefficient (Wildman–Crippen LogP) is 4.07. The molecule has 0 saturated carbocycles. The highest BCUT2D eigenvalue weighted by atomic mass is 19.2. The summed E-state index contributed by atoms with van der Waals surface area (Å²) >= 11 is 0. The first-order chi connectivity index (χ1) is 12.2. The molecule has 7 heteroatoms. The number of carbonyl (C=O) groups is 1. The van der Waals surface area contributed by atoms with E-state index in [9.17, 15) is 18.0 Å². The minimum absolute atomic E-state index is 0.104. The quantitative estimate of drug-likeness (QED) is 0.328. The van der Waals surface area contributed by atoms with E-state index in [1.54, 1.807) is 30.3 Å². The van der Waals surface area contributed by atoms with Crippen LogP contribution in [0.3, 0.4) is 0 Å². The van der Waals surface area contributed by atoms with Crippen LogP contribution >= 0.6 is 0 Å². The molecule has 0 bridgehead atoms. The van der Waals surface area contributed by atoms with Crippen molar-refractivity contribution in [3.05, 3.63) is 35.9 Å². The number of carbonyl (C=O) groups excluding carboxylic acids is 1. The highest BCUT2D eigenvalue weighted by Crippen LogP contribution is 2.31. The number of halogens is 3. The molecule has 0 saturated heterocycles. The fraction of sp³-hybridized carbons (Fsp3) is 0.632. The number of hydrogen-bond acceptors (Lipinski definition) is 4. The van der Waals surface area contributed by atoms with Gasteiger partial charge in [0, 0.05) is 0 Å². The van der Waals surface area contributed by atoms with E-state index in [-0.39, 0.29) is 13.0 Å². The Balaban J connectivity index is 2.48. The molecule has 26 heavy (non-hydrogen) atoms. The van der Waals surface area contributed by atoms with Crippen molar-refractivity contribution in [2.45, 2.75) is 76.2 Å². The van der Waals surface area contributed by atoms with Gasteiger partial charge in [0.2, 0.25) is 5.79 Å². The number of ether oxygens (including phenoxy) is 1. The summed E-state index contributed by atoms with van der Waals surface area (Å²) in [6.45, 7) is 1.93. The molecule has 0 heterocycles. The van der Waals surface area contributed by atoms with Crippen molar-refractivity contribution in [3.8, 4) is 0 Å². The number of esters is 1. The van der Waals surface area contributed by atoms with Crippen LogP contribution in [0, 0.1) is 0 Å². The molecule has 0 aliphatic carbocycles. The number of alkyl halides is 3. The molecule has 0 fully saturated rings. The van der Waals surface area contributed by atoms with Crippen LogP contribution in [0.5, 0.6) is 0 Å². The molecular weight excluding hydrogens is 345 g/mol. The normalized spacial score (nSPS) is 17.2. The predicted molar refractivity (Wildman–Crippen MR) is 95.2 cm³/mol. The van der Waals surface area contributed by atoms with Crippen LogP contribution in [-0.2, 0) is 16.1 Å².